The number of halogens is 1. The lowest BCUT2D eigenvalue weighted by atomic mass is 10.0. The van der Waals surface area contributed by atoms with Crippen LogP contribution >= 0.6 is 27.7 Å². The number of thioether (sulfide) groups is 1. The van der Waals surface area contributed by atoms with Crippen molar-refractivity contribution in [3.05, 3.63) is 22.8 Å². The molecule has 0 radical (unpaired) electrons. The lowest BCUT2D eigenvalue weighted by Crippen LogP contribution is -2.32. The molecule has 2 nitrogen and oxygen atoms in total. The van der Waals surface area contributed by atoms with Crippen molar-refractivity contribution in [2.75, 3.05) is 18.1 Å². The van der Waals surface area contributed by atoms with E-state index in [1.165, 1.54) is 12.8 Å². The summed E-state index contributed by atoms with van der Waals surface area (Å²) in [5, 5.41) is 3.41. The molecule has 0 aliphatic carbocycles. The normalized spacial score (nSPS) is 11.5. The number of nitrogens with one attached hydrogen (secondary N) is 1. The topological polar surface area (TPSA) is 24.9 Å². The molecular weight excluding hydrogens is 284 g/mol. The van der Waals surface area contributed by atoms with Gasteiger partial charge in [-0.2, -0.15) is 11.8 Å². The molecule has 0 aliphatic heterocycles. The lowest BCUT2D eigenvalue weighted by Gasteiger charge is -2.30. The first-order chi connectivity index (χ1) is 7.65. The van der Waals surface area contributed by atoms with Crippen molar-refractivity contribution in [1.29, 1.82) is 0 Å². The minimum atomic E-state index is 0.328. The van der Waals surface area contributed by atoms with Gasteiger partial charge in [-0.15, -0.1) is 0 Å². The maximum atomic E-state index is 4.32. The van der Waals surface area contributed by atoms with Gasteiger partial charge in [-0.1, -0.05) is 13.8 Å². The third-order valence-electron chi connectivity index (χ3n) is 3.04. The Bertz CT molecular complexity index is 301. The Morgan fingerprint density at radius 3 is 2.50 bits per heavy atom. The summed E-state index contributed by atoms with van der Waals surface area (Å²) < 4.78 is 1.34. The molecule has 1 aromatic heterocycles. The van der Waals surface area contributed by atoms with Crippen molar-refractivity contribution in [3.63, 3.8) is 0 Å². The minimum Gasteiger partial charge on any atom is -0.369 e. The van der Waals surface area contributed by atoms with Crippen LogP contribution in [0.3, 0.4) is 0 Å². The number of hydrogen-bond donors (Lipinski definition) is 1. The largest absolute Gasteiger partial charge is 0.369 e. The van der Waals surface area contributed by atoms with E-state index in [0.29, 0.717) is 4.75 Å². The summed E-state index contributed by atoms with van der Waals surface area (Å²) in [5.41, 5.74) is 0. The Morgan fingerprint density at radius 1 is 1.38 bits per heavy atom. The van der Waals surface area contributed by atoms with E-state index in [4.69, 9.17) is 0 Å². The third kappa shape index (κ3) is 3.67. The van der Waals surface area contributed by atoms with Crippen LogP contribution in [0.1, 0.15) is 26.7 Å². The summed E-state index contributed by atoms with van der Waals surface area (Å²) in [4.78, 5) is 4.32. The molecule has 16 heavy (non-hydrogen) atoms. The molecule has 1 rings (SSSR count). The van der Waals surface area contributed by atoms with E-state index in [1.807, 2.05) is 30.1 Å². The van der Waals surface area contributed by atoms with Gasteiger partial charge in [-0.3, -0.25) is 0 Å². The van der Waals surface area contributed by atoms with Gasteiger partial charge in [0.2, 0.25) is 0 Å². The van der Waals surface area contributed by atoms with Gasteiger partial charge < -0.3 is 5.32 Å². The highest BCUT2D eigenvalue weighted by molar-refractivity contribution is 9.10. The van der Waals surface area contributed by atoms with Crippen LogP contribution in [0.4, 0.5) is 5.82 Å². The van der Waals surface area contributed by atoms with Gasteiger partial charge in [0.15, 0.2) is 0 Å². The fraction of sp³-hybridized carbons (Fsp3) is 0.583. The van der Waals surface area contributed by atoms with Crippen LogP contribution in [-0.2, 0) is 0 Å². The van der Waals surface area contributed by atoms with Gasteiger partial charge in [0.25, 0.3) is 0 Å². The molecule has 1 heterocycles. The molecular formula is C12H19BrN2S. The molecule has 1 aromatic rings. The Hall–Kier alpha value is -0.220. The van der Waals surface area contributed by atoms with Gasteiger partial charge in [0.1, 0.15) is 5.82 Å². The predicted molar refractivity (Wildman–Crippen MR) is 77.3 cm³/mol. The molecule has 0 bridgehead atoms. The first kappa shape index (κ1) is 13.8. The van der Waals surface area contributed by atoms with E-state index in [2.05, 4.69) is 46.3 Å². The molecule has 0 amide bonds. The van der Waals surface area contributed by atoms with E-state index in [0.717, 1.165) is 16.8 Å². The minimum absolute atomic E-state index is 0.328. The van der Waals surface area contributed by atoms with Crippen LogP contribution < -0.4 is 5.32 Å². The number of pyridine rings is 1. The molecule has 0 aromatic carbocycles. The summed E-state index contributed by atoms with van der Waals surface area (Å²) >= 11 is 5.32. The smallest absolute Gasteiger partial charge is 0.126 e. The maximum Gasteiger partial charge on any atom is 0.126 e. The van der Waals surface area contributed by atoms with Gasteiger partial charge in [-0.05, 0) is 47.2 Å². The lowest BCUT2D eigenvalue weighted by molar-refractivity contribution is 0.574. The van der Waals surface area contributed by atoms with Gasteiger partial charge >= 0.3 is 0 Å². The molecule has 0 saturated heterocycles. The summed E-state index contributed by atoms with van der Waals surface area (Å²) in [6, 6.07) is 4.01. The highest BCUT2D eigenvalue weighted by Crippen LogP contribution is 2.30. The number of rotatable bonds is 6. The molecule has 4 heteroatoms. The van der Waals surface area contributed by atoms with Crippen LogP contribution in [0.5, 0.6) is 0 Å². The molecule has 0 fully saturated rings. The van der Waals surface area contributed by atoms with Crippen LogP contribution in [0.2, 0.25) is 0 Å². The van der Waals surface area contributed by atoms with Crippen LogP contribution in [-0.4, -0.2) is 22.5 Å². The second-order valence-electron chi connectivity index (χ2n) is 3.81. The van der Waals surface area contributed by atoms with Crippen LogP contribution in [0, 0.1) is 0 Å². The fourth-order valence-electron chi connectivity index (χ4n) is 1.59. The third-order valence-corrected chi connectivity index (χ3v) is 5.10. The number of hydrogen-bond acceptors (Lipinski definition) is 3. The van der Waals surface area contributed by atoms with E-state index in [1.54, 1.807) is 0 Å². The van der Waals surface area contributed by atoms with Crippen molar-refractivity contribution < 1.29 is 0 Å². The Labute approximate surface area is 111 Å². The Kier molecular flexibility index (Phi) is 5.62. The van der Waals surface area contributed by atoms with Crippen LogP contribution in [0.15, 0.2) is 22.8 Å². The quantitative estimate of drug-likeness (QED) is 0.853. The molecule has 0 saturated carbocycles. The zero-order chi connectivity index (χ0) is 12.0. The molecule has 0 spiro atoms. The van der Waals surface area contributed by atoms with Gasteiger partial charge in [-0.25, -0.2) is 4.98 Å². The summed E-state index contributed by atoms with van der Waals surface area (Å²) in [5.74, 6) is 0.948. The number of aromatic nitrogens is 1. The van der Waals surface area contributed by atoms with Crippen molar-refractivity contribution in [2.45, 2.75) is 31.4 Å². The highest BCUT2D eigenvalue weighted by atomic mass is 79.9. The molecule has 0 atom stereocenters. The van der Waals surface area contributed by atoms with Crippen LogP contribution in [0.25, 0.3) is 0 Å². The first-order valence-electron chi connectivity index (χ1n) is 5.56. The number of nitrogens with zero attached hydrogens (tertiary/aromatic N) is 1. The first-order valence-corrected chi connectivity index (χ1v) is 7.58. The summed E-state index contributed by atoms with van der Waals surface area (Å²) in [6.45, 7) is 5.46. The van der Waals surface area contributed by atoms with E-state index in [9.17, 15) is 0 Å². The van der Waals surface area contributed by atoms with Gasteiger partial charge in [0.05, 0.1) is 0 Å². The molecule has 0 unspecified atom stereocenters. The van der Waals surface area contributed by atoms with E-state index >= 15 is 0 Å². The zero-order valence-corrected chi connectivity index (χ0v) is 12.5. The fourth-order valence-corrected chi connectivity index (χ4v) is 2.62. The number of anilines is 1. The molecule has 0 aliphatic rings. The highest BCUT2D eigenvalue weighted by Gasteiger charge is 2.24. The second kappa shape index (κ2) is 6.50. The van der Waals surface area contributed by atoms with Crippen molar-refractivity contribution in [1.82, 2.24) is 4.98 Å². The van der Waals surface area contributed by atoms with Gasteiger partial charge in [0, 0.05) is 22.0 Å². The Morgan fingerprint density at radius 2 is 2.06 bits per heavy atom. The van der Waals surface area contributed by atoms with E-state index in [-0.39, 0.29) is 0 Å². The maximum absolute atomic E-state index is 4.32. The summed E-state index contributed by atoms with van der Waals surface area (Å²) in [6.07, 6.45) is 6.35. The molecule has 90 valence electrons. The van der Waals surface area contributed by atoms with Crippen molar-refractivity contribution >= 4 is 33.5 Å². The Balaban J connectivity index is 2.58. The average molecular weight is 303 g/mol. The predicted octanol–water partition coefficient (Wildman–Crippen LogP) is 4.18. The van der Waals surface area contributed by atoms with E-state index < -0.39 is 0 Å². The zero-order valence-electron chi connectivity index (χ0n) is 10.1. The average Bonchev–Trinajstić information content (AvgIpc) is 2.34. The van der Waals surface area contributed by atoms with Crippen molar-refractivity contribution in [2.24, 2.45) is 0 Å². The monoisotopic (exact) mass is 302 g/mol. The standard InChI is InChI=1S/C12H19BrN2S/c1-4-12(5-2,16-3)9-15-11-7-6-10(13)8-14-11/h6-8H,4-5,9H2,1-3H3,(H,14,15). The van der Waals surface area contributed by atoms with Crippen molar-refractivity contribution in [3.8, 4) is 0 Å². The second-order valence-corrected chi connectivity index (χ2v) is 6.00. The molecule has 1 N–H and O–H groups in total. The summed E-state index contributed by atoms with van der Waals surface area (Å²) in [7, 11) is 0. The SMILES string of the molecule is CCC(CC)(CNc1ccc(Br)cn1)SC.